The first-order valence-corrected chi connectivity index (χ1v) is 11.2. The number of amides is 3. The van der Waals surface area contributed by atoms with Crippen molar-refractivity contribution in [3.05, 3.63) is 62.5 Å². The van der Waals surface area contributed by atoms with Gasteiger partial charge in [-0.15, -0.1) is 0 Å². The molecule has 0 spiro atoms. The highest BCUT2D eigenvalue weighted by Gasteiger charge is 2.34. The second-order valence-electron chi connectivity index (χ2n) is 6.56. The number of nitrogens with zero attached hydrogens (tertiary/aromatic N) is 1. The fourth-order valence-corrected chi connectivity index (χ4v) is 4.18. The molecule has 1 fully saturated rings. The van der Waals surface area contributed by atoms with Crippen molar-refractivity contribution in [3.63, 3.8) is 0 Å². The zero-order valence-corrected chi connectivity index (χ0v) is 19.6. The van der Waals surface area contributed by atoms with Gasteiger partial charge in [-0.2, -0.15) is 0 Å². The van der Waals surface area contributed by atoms with Crippen LogP contribution >= 0.6 is 35.0 Å². The van der Waals surface area contributed by atoms with Crippen LogP contribution in [-0.2, 0) is 4.79 Å². The average Bonchev–Trinajstić information content (AvgIpc) is 3.03. The molecule has 1 N–H and O–H groups in total. The molecule has 2 aromatic rings. The van der Waals surface area contributed by atoms with Gasteiger partial charge in [0.25, 0.3) is 17.1 Å². The SMILES string of the molecule is CCOc1c(Cl)cc(C(=O)NCCN2C(=O)SC(=Cc3ccc(Cl)cc3)C2=O)cc1OC. The standard InChI is InChI=1S/C22H20Cl2N2O5S/c1-3-31-19-16(24)11-14(12-17(19)30-2)20(27)25-8-9-26-21(28)18(32-22(26)29)10-13-4-6-15(23)7-5-13/h4-7,10-12H,3,8-9H2,1-2H3,(H,25,27). The Morgan fingerprint density at radius 2 is 1.91 bits per heavy atom. The molecule has 168 valence electrons. The van der Waals surface area contributed by atoms with Crippen molar-refractivity contribution < 1.29 is 23.9 Å². The third-order valence-electron chi connectivity index (χ3n) is 4.44. The minimum atomic E-state index is -0.420. The lowest BCUT2D eigenvalue weighted by Gasteiger charge is -2.15. The van der Waals surface area contributed by atoms with Gasteiger partial charge < -0.3 is 14.8 Å². The predicted molar refractivity (Wildman–Crippen MR) is 126 cm³/mol. The van der Waals surface area contributed by atoms with E-state index in [1.165, 1.54) is 19.2 Å². The number of carbonyl (C=O) groups excluding carboxylic acids is 3. The Hall–Kier alpha value is -2.68. The molecule has 1 aliphatic heterocycles. The van der Waals surface area contributed by atoms with Crippen molar-refractivity contribution in [1.82, 2.24) is 10.2 Å². The molecule has 1 aliphatic rings. The molecule has 0 bridgehead atoms. The number of benzene rings is 2. The van der Waals surface area contributed by atoms with E-state index in [1.807, 2.05) is 6.92 Å². The summed E-state index contributed by atoms with van der Waals surface area (Å²) < 4.78 is 10.7. The van der Waals surface area contributed by atoms with Crippen LogP contribution < -0.4 is 14.8 Å². The van der Waals surface area contributed by atoms with Crippen LogP contribution in [-0.4, -0.2) is 48.8 Å². The number of ether oxygens (including phenoxy) is 2. The summed E-state index contributed by atoms with van der Waals surface area (Å²) in [4.78, 5) is 38.8. The van der Waals surface area contributed by atoms with Gasteiger partial charge in [-0.3, -0.25) is 19.3 Å². The number of carbonyl (C=O) groups is 3. The van der Waals surface area contributed by atoms with Crippen LogP contribution in [0.3, 0.4) is 0 Å². The van der Waals surface area contributed by atoms with Crippen LogP contribution in [0.1, 0.15) is 22.8 Å². The largest absolute Gasteiger partial charge is 0.493 e. The first-order chi connectivity index (χ1) is 15.3. The molecule has 7 nitrogen and oxygen atoms in total. The van der Waals surface area contributed by atoms with Crippen LogP contribution in [0.25, 0.3) is 6.08 Å². The van der Waals surface area contributed by atoms with Crippen molar-refractivity contribution in [2.45, 2.75) is 6.92 Å². The molecule has 0 unspecified atom stereocenters. The van der Waals surface area contributed by atoms with Gasteiger partial charge in [0, 0.05) is 23.7 Å². The van der Waals surface area contributed by atoms with Crippen molar-refractivity contribution in [1.29, 1.82) is 0 Å². The van der Waals surface area contributed by atoms with Gasteiger partial charge in [0.2, 0.25) is 0 Å². The lowest BCUT2D eigenvalue weighted by molar-refractivity contribution is -0.122. The van der Waals surface area contributed by atoms with E-state index in [9.17, 15) is 14.4 Å². The molecule has 2 aromatic carbocycles. The topological polar surface area (TPSA) is 84.9 Å². The zero-order valence-electron chi connectivity index (χ0n) is 17.3. The highest BCUT2D eigenvalue weighted by atomic mass is 35.5. The molecule has 10 heteroatoms. The van der Waals surface area contributed by atoms with Gasteiger partial charge in [-0.05, 0) is 54.6 Å². The second-order valence-corrected chi connectivity index (χ2v) is 8.40. The molecule has 1 saturated heterocycles. The Morgan fingerprint density at radius 3 is 2.56 bits per heavy atom. The Morgan fingerprint density at radius 1 is 1.19 bits per heavy atom. The van der Waals surface area contributed by atoms with Crippen LogP contribution in [0.5, 0.6) is 11.5 Å². The highest BCUT2D eigenvalue weighted by Crippen LogP contribution is 2.36. The fraction of sp³-hybridized carbons (Fsp3) is 0.227. The van der Waals surface area contributed by atoms with E-state index < -0.39 is 17.1 Å². The molecular weight excluding hydrogens is 475 g/mol. The first-order valence-electron chi connectivity index (χ1n) is 9.63. The van der Waals surface area contributed by atoms with Gasteiger partial charge in [-0.1, -0.05) is 35.3 Å². The monoisotopic (exact) mass is 494 g/mol. The number of halogens is 2. The maximum absolute atomic E-state index is 12.6. The summed E-state index contributed by atoms with van der Waals surface area (Å²) in [5, 5.41) is 3.12. The lowest BCUT2D eigenvalue weighted by Crippen LogP contribution is -2.37. The minimum absolute atomic E-state index is 0.0380. The van der Waals surface area contributed by atoms with E-state index in [0.29, 0.717) is 28.0 Å². The Bertz CT molecular complexity index is 1070. The van der Waals surface area contributed by atoms with Crippen molar-refractivity contribution in [3.8, 4) is 11.5 Å². The van der Waals surface area contributed by atoms with Crippen LogP contribution in [0, 0.1) is 0 Å². The predicted octanol–water partition coefficient (Wildman–Crippen LogP) is 4.87. The van der Waals surface area contributed by atoms with E-state index in [0.717, 1.165) is 22.2 Å². The molecule has 0 saturated carbocycles. The van der Waals surface area contributed by atoms with Crippen molar-refractivity contribution in [2.24, 2.45) is 0 Å². The van der Waals surface area contributed by atoms with Crippen LogP contribution in [0.2, 0.25) is 10.0 Å². The van der Waals surface area contributed by atoms with Crippen LogP contribution in [0.15, 0.2) is 41.3 Å². The van der Waals surface area contributed by atoms with Gasteiger partial charge >= 0.3 is 0 Å². The van der Waals surface area contributed by atoms with E-state index in [2.05, 4.69) is 5.32 Å². The second kappa shape index (κ2) is 10.8. The Kier molecular flexibility index (Phi) is 8.06. The van der Waals surface area contributed by atoms with Gasteiger partial charge in [0.1, 0.15) is 0 Å². The highest BCUT2D eigenvalue weighted by molar-refractivity contribution is 8.18. The maximum Gasteiger partial charge on any atom is 0.293 e. The summed E-state index contributed by atoms with van der Waals surface area (Å²) in [5.74, 6) is -0.131. The van der Waals surface area contributed by atoms with Crippen molar-refractivity contribution >= 4 is 58.1 Å². The molecule has 0 atom stereocenters. The Labute approximate surface area is 199 Å². The number of methoxy groups -OCH3 is 1. The summed E-state index contributed by atoms with van der Waals surface area (Å²) >= 11 is 12.9. The number of thioether (sulfide) groups is 1. The van der Waals surface area contributed by atoms with Gasteiger partial charge in [0.05, 0.1) is 23.6 Å². The lowest BCUT2D eigenvalue weighted by atomic mass is 10.2. The third kappa shape index (κ3) is 5.56. The summed E-state index contributed by atoms with van der Waals surface area (Å²) in [7, 11) is 1.45. The zero-order chi connectivity index (χ0) is 23.3. The molecule has 0 radical (unpaired) electrons. The Balaban J connectivity index is 1.62. The van der Waals surface area contributed by atoms with E-state index in [1.54, 1.807) is 30.3 Å². The van der Waals surface area contributed by atoms with Crippen molar-refractivity contribution in [2.75, 3.05) is 26.8 Å². The smallest absolute Gasteiger partial charge is 0.293 e. The number of imide groups is 1. The summed E-state index contributed by atoms with van der Waals surface area (Å²) in [5.41, 5.74) is 1.03. The summed E-state index contributed by atoms with van der Waals surface area (Å²) in [6.45, 7) is 2.33. The number of hydrogen-bond acceptors (Lipinski definition) is 6. The molecule has 32 heavy (non-hydrogen) atoms. The minimum Gasteiger partial charge on any atom is -0.493 e. The van der Waals surface area contributed by atoms with E-state index in [-0.39, 0.29) is 23.7 Å². The quantitative estimate of drug-likeness (QED) is 0.527. The van der Waals surface area contributed by atoms with Gasteiger partial charge in [0.15, 0.2) is 11.5 Å². The summed E-state index contributed by atoms with van der Waals surface area (Å²) in [6, 6.07) is 9.91. The molecule has 3 amide bonds. The fourth-order valence-electron chi connectivity index (χ4n) is 2.92. The van der Waals surface area contributed by atoms with Gasteiger partial charge in [-0.25, -0.2) is 0 Å². The molecule has 3 rings (SSSR count). The number of nitrogens with one attached hydrogen (secondary N) is 1. The van der Waals surface area contributed by atoms with E-state index in [4.69, 9.17) is 32.7 Å². The molecule has 0 aliphatic carbocycles. The third-order valence-corrected chi connectivity index (χ3v) is 5.88. The first kappa shape index (κ1) is 24.0. The normalized spacial score (nSPS) is 14.8. The maximum atomic E-state index is 12.6. The van der Waals surface area contributed by atoms with E-state index >= 15 is 0 Å². The van der Waals surface area contributed by atoms with Crippen LogP contribution in [0.4, 0.5) is 4.79 Å². The molecular formula is C22H20Cl2N2O5S. The number of rotatable bonds is 8. The molecule has 0 aromatic heterocycles. The average molecular weight is 495 g/mol. The summed E-state index contributed by atoms with van der Waals surface area (Å²) in [6.07, 6.45) is 1.63. The number of hydrogen-bond donors (Lipinski definition) is 1. The molecule has 1 heterocycles.